The van der Waals surface area contributed by atoms with Crippen molar-refractivity contribution in [3.63, 3.8) is 0 Å². The van der Waals surface area contributed by atoms with Gasteiger partial charge in [0.2, 0.25) is 0 Å². The number of ketones is 1. The van der Waals surface area contributed by atoms with E-state index in [1.165, 1.54) is 6.92 Å². The van der Waals surface area contributed by atoms with E-state index in [4.69, 9.17) is 9.47 Å². The summed E-state index contributed by atoms with van der Waals surface area (Å²) in [5, 5.41) is 10.6. The monoisotopic (exact) mass is 293 g/mol. The average Bonchev–Trinajstić information content (AvgIpc) is 2.46. The van der Waals surface area contributed by atoms with Crippen LogP contribution in [0.5, 0.6) is 5.75 Å². The molecule has 0 atom stereocenters. The fourth-order valence-electron chi connectivity index (χ4n) is 2.80. The van der Waals surface area contributed by atoms with Gasteiger partial charge in [-0.2, -0.15) is 0 Å². The van der Waals surface area contributed by atoms with Crippen molar-refractivity contribution in [3.8, 4) is 5.75 Å². The van der Waals surface area contributed by atoms with E-state index in [1.54, 1.807) is 13.2 Å². The van der Waals surface area contributed by atoms with Gasteiger partial charge in [0.05, 0.1) is 24.0 Å². The molecule has 1 aromatic carbocycles. The highest BCUT2D eigenvalue weighted by atomic mass is 16.5. The zero-order valence-corrected chi connectivity index (χ0v) is 12.9. The normalized spacial score (nSPS) is 17.3. The van der Waals surface area contributed by atoms with Gasteiger partial charge < -0.3 is 19.5 Å². The van der Waals surface area contributed by atoms with E-state index in [0.717, 1.165) is 5.69 Å². The number of anilines is 1. The van der Waals surface area contributed by atoms with Crippen molar-refractivity contribution in [2.45, 2.75) is 25.4 Å². The van der Waals surface area contributed by atoms with Gasteiger partial charge in [-0.15, -0.1) is 0 Å². The Morgan fingerprint density at radius 1 is 1.43 bits per heavy atom. The third-order valence-electron chi connectivity index (χ3n) is 3.94. The predicted octanol–water partition coefficient (Wildman–Crippen LogP) is 1.88. The Morgan fingerprint density at radius 2 is 2.10 bits per heavy atom. The molecule has 0 amide bonds. The van der Waals surface area contributed by atoms with Gasteiger partial charge in [0, 0.05) is 39.6 Å². The summed E-state index contributed by atoms with van der Waals surface area (Å²) in [5.41, 5.74) is 0.560. The number of ether oxygens (including phenoxy) is 2. The first-order valence-electron chi connectivity index (χ1n) is 7.16. The molecule has 116 valence electrons. The number of Topliss-reactive ketones (excluding diaryl/α,β-unsaturated/α-hetero) is 1. The average molecular weight is 293 g/mol. The molecule has 0 bridgehead atoms. The number of hydrogen-bond donors (Lipinski definition) is 1. The quantitative estimate of drug-likeness (QED) is 0.840. The summed E-state index contributed by atoms with van der Waals surface area (Å²) >= 11 is 0. The zero-order valence-electron chi connectivity index (χ0n) is 12.9. The minimum absolute atomic E-state index is 0.0479. The van der Waals surface area contributed by atoms with Crippen LogP contribution in [0.3, 0.4) is 0 Å². The molecule has 1 heterocycles. The van der Waals surface area contributed by atoms with Crippen molar-refractivity contribution in [2.75, 3.05) is 38.8 Å². The van der Waals surface area contributed by atoms with Gasteiger partial charge in [0.25, 0.3) is 0 Å². The molecule has 1 saturated heterocycles. The summed E-state index contributed by atoms with van der Waals surface area (Å²) in [6.45, 7) is 3.13. The number of methoxy groups -OCH3 is 1. The van der Waals surface area contributed by atoms with E-state index in [9.17, 15) is 9.90 Å². The van der Waals surface area contributed by atoms with Gasteiger partial charge in [0.15, 0.2) is 5.78 Å². The predicted molar refractivity (Wildman–Crippen MR) is 81.3 cm³/mol. The van der Waals surface area contributed by atoms with Crippen LogP contribution in [0.25, 0.3) is 0 Å². The Balaban J connectivity index is 2.26. The molecular weight excluding hydrogens is 270 g/mol. The number of nitrogens with zero attached hydrogens (tertiary/aromatic N) is 1. The number of likely N-dealkylation sites (N-methyl/N-ethyl adjacent to an activating group) is 1. The molecule has 0 aromatic heterocycles. The highest BCUT2D eigenvalue weighted by molar-refractivity contribution is 6.02. The lowest BCUT2D eigenvalue weighted by Crippen LogP contribution is -2.46. The maximum Gasteiger partial charge on any atom is 0.165 e. The molecule has 1 fully saturated rings. The van der Waals surface area contributed by atoms with Crippen molar-refractivity contribution < 1.29 is 19.4 Å². The van der Waals surface area contributed by atoms with Crippen LogP contribution in [0, 0.1) is 0 Å². The summed E-state index contributed by atoms with van der Waals surface area (Å²) in [6, 6.07) is 5.50. The molecule has 1 N–H and O–H groups in total. The molecule has 1 aliphatic heterocycles. The third-order valence-corrected chi connectivity index (χ3v) is 3.94. The minimum Gasteiger partial charge on any atom is -0.496 e. The van der Waals surface area contributed by atoms with E-state index in [2.05, 4.69) is 0 Å². The van der Waals surface area contributed by atoms with Gasteiger partial charge >= 0.3 is 0 Å². The van der Waals surface area contributed by atoms with Crippen LogP contribution in [0.1, 0.15) is 30.1 Å². The van der Waals surface area contributed by atoms with Crippen molar-refractivity contribution in [2.24, 2.45) is 0 Å². The van der Waals surface area contributed by atoms with E-state index in [-0.39, 0.29) is 5.78 Å². The van der Waals surface area contributed by atoms with Crippen molar-refractivity contribution >= 4 is 11.5 Å². The number of rotatable bonds is 5. The third kappa shape index (κ3) is 3.54. The van der Waals surface area contributed by atoms with Crippen LogP contribution in [0.2, 0.25) is 0 Å². The van der Waals surface area contributed by atoms with Gasteiger partial charge in [0.1, 0.15) is 5.75 Å². The summed E-state index contributed by atoms with van der Waals surface area (Å²) in [7, 11) is 3.44. The van der Waals surface area contributed by atoms with Crippen LogP contribution in [-0.4, -0.2) is 50.4 Å². The molecule has 0 unspecified atom stereocenters. The Hall–Kier alpha value is -1.59. The number of aliphatic hydroxyl groups is 1. The van der Waals surface area contributed by atoms with Gasteiger partial charge in [-0.25, -0.2) is 0 Å². The fraction of sp³-hybridized carbons (Fsp3) is 0.562. The van der Waals surface area contributed by atoms with Crippen molar-refractivity contribution in [3.05, 3.63) is 23.8 Å². The Bertz CT molecular complexity index is 509. The van der Waals surface area contributed by atoms with Gasteiger partial charge in [-0.1, -0.05) is 6.07 Å². The minimum atomic E-state index is -0.774. The number of benzene rings is 1. The van der Waals surface area contributed by atoms with Gasteiger partial charge in [-0.05, 0) is 19.1 Å². The maximum atomic E-state index is 11.9. The molecule has 0 aliphatic carbocycles. The highest BCUT2D eigenvalue weighted by Gasteiger charge is 2.32. The maximum absolute atomic E-state index is 11.9. The fourth-order valence-corrected chi connectivity index (χ4v) is 2.80. The second-order valence-corrected chi connectivity index (χ2v) is 5.60. The molecule has 21 heavy (non-hydrogen) atoms. The lowest BCUT2D eigenvalue weighted by atomic mass is 9.93. The van der Waals surface area contributed by atoms with E-state index >= 15 is 0 Å². The van der Waals surface area contributed by atoms with E-state index < -0.39 is 5.60 Å². The Labute approximate surface area is 125 Å². The lowest BCUT2D eigenvalue weighted by molar-refractivity contribution is -0.0572. The van der Waals surface area contributed by atoms with Crippen LogP contribution >= 0.6 is 0 Å². The Kier molecular flexibility index (Phi) is 4.85. The summed E-state index contributed by atoms with van der Waals surface area (Å²) in [4.78, 5) is 13.9. The molecule has 0 radical (unpaired) electrons. The molecular formula is C16H23NO4. The van der Waals surface area contributed by atoms with Crippen LogP contribution < -0.4 is 9.64 Å². The number of hydrogen-bond acceptors (Lipinski definition) is 5. The topological polar surface area (TPSA) is 59.0 Å². The standard InChI is InChI=1S/C16H23NO4/c1-12(18)15-13(5-4-6-14(15)20-3)17(2)11-16(19)7-9-21-10-8-16/h4-6,19H,7-11H2,1-3H3. The molecule has 0 saturated carbocycles. The lowest BCUT2D eigenvalue weighted by Gasteiger charge is -2.36. The first kappa shape index (κ1) is 15.8. The second kappa shape index (κ2) is 6.45. The molecule has 0 spiro atoms. The summed E-state index contributed by atoms with van der Waals surface area (Å²) in [6.07, 6.45) is 1.22. The van der Waals surface area contributed by atoms with E-state index in [1.807, 2.05) is 24.1 Å². The first-order valence-corrected chi connectivity index (χ1v) is 7.16. The van der Waals surface area contributed by atoms with Crippen molar-refractivity contribution in [1.29, 1.82) is 0 Å². The smallest absolute Gasteiger partial charge is 0.165 e. The first-order chi connectivity index (χ1) is 9.97. The SMILES string of the molecule is COc1cccc(N(C)CC2(O)CCOCC2)c1C(C)=O. The van der Waals surface area contributed by atoms with Crippen LogP contribution in [0.15, 0.2) is 18.2 Å². The molecule has 5 heteroatoms. The largest absolute Gasteiger partial charge is 0.496 e. The number of carbonyl (C=O) groups is 1. The van der Waals surface area contributed by atoms with Crippen LogP contribution in [-0.2, 0) is 4.74 Å². The Morgan fingerprint density at radius 3 is 2.67 bits per heavy atom. The molecule has 5 nitrogen and oxygen atoms in total. The molecule has 1 aliphatic rings. The summed E-state index contributed by atoms with van der Waals surface area (Å²) in [5.74, 6) is 0.513. The van der Waals surface area contributed by atoms with E-state index in [0.29, 0.717) is 43.9 Å². The second-order valence-electron chi connectivity index (χ2n) is 5.60. The molecule has 2 rings (SSSR count). The highest BCUT2D eigenvalue weighted by Crippen LogP contribution is 2.31. The number of carbonyl (C=O) groups excluding carboxylic acids is 1. The van der Waals surface area contributed by atoms with Crippen LogP contribution in [0.4, 0.5) is 5.69 Å². The summed E-state index contributed by atoms with van der Waals surface area (Å²) < 4.78 is 10.6. The van der Waals surface area contributed by atoms with Crippen molar-refractivity contribution in [1.82, 2.24) is 0 Å². The zero-order chi connectivity index (χ0) is 15.5. The molecule has 1 aromatic rings. The van der Waals surface area contributed by atoms with Gasteiger partial charge in [-0.3, -0.25) is 4.79 Å².